The van der Waals surface area contributed by atoms with Gasteiger partial charge in [0.2, 0.25) is 11.8 Å². The third-order valence-corrected chi connectivity index (χ3v) is 4.53. The Morgan fingerprint density at radius 1 is 1.27 bits per heavy atom. The average Bonchev–Trinajstić information content (AvgIpc) is 2.96. The van der Waals surface area contributed by atoms with Crippen molar-refractivity contribution < 1.29 is 4.92 Å². The van der Waals surface area contributed by atoms with Gasteiger partial charge in [0.15, 0.2) is 0 Å². The van der Waals surface area contributed by atoms with E-state index in [0.717, 1.165) is 39.0 Å². The highest BCUT2D eigenvalue weighted by molar-refractivity contribution is 5.54. The molecule has 8 nitrogen and oxygen atoms in total. The Kier molecular flexibility index (Phi) is 4.37. The molecule has 0 aromatic carbocycles. The van der Waals surface area contributed by atoms with Gasteiger partial charge in [0.05, 0.1) is 4.92 Å². The molecule has 0 unspecified atom stereocenters. The smallest absolute Gasteiger partial charge is 0.329 e. The van der Waals surface area contributed by atoms with Crippen molar-refractivity contribution in [3.8, 4) is 0 Å². The molecule has 1 atom stereocenters. The average molecular weight is 306 g/mol. The summed E-state index contributed by atoms with van der Waals surface area (Å²) in [6, 6.07) is 0.374. The zero-order chi connectivity index (χ0) is 15.5. The van der Waals surface area contributed by atoms with Crippen LogP contribution in [0.2, 0.25) is 0 Å². The maximum Gasteiger partial charge on any atom is 0.329 e. The predicted molar refractivity (Wildman–Crippen MR) is 83.8 cm³/mol. The van der Waals surface area contributed by atoms with E-state index in [1.54, 1.807) is 0 Å². The maximum atomic E-state index is 10.8. The number of anilines is 2. The van der Waals surface area contributed by atoms with Crippen LogP contribution < -0.4 is 10.6 Å². The number of hydrogen-bond donors (Lipinski definition) is 1. The normalized spacial score (nSPS) is 22.9. The first-order chi connectivity index (χ1) is 10.6. The fraction of sp³-hybridized carbons (Fsp3) is 0.714. The Bertz CT molecular complexity index is 546. The molecule has 1 aromatic heterocycles. The van der Waals surface area contributed by atoms with Crippen molar-refractivity contribution in [3.05, 3.63) is 16.3 Å². The molecule has 2 saturated heterocycles. The van der Waals surface area contributed by atoms with E-state index >= 15 is 0 Å². The van der Waals surface area contributed by atoms with E-state index in [-0.39, 0.29) is 11.5 Å². The molecule has 8 heteroatoms. The van der Waals surface area contributed by atoms with Crippen LogP contribution in [0.4, 0.5) is 17.5 Å². The number of hydrogen-bond acceptors (Lipinski definition) is 7. The fourth-order valence-electron chi connectivity index (χ4n) is 3.39. The van der Waals surface area contributed by atoms with Crippen LogP contribution in [0.1, 0.15) is 32.1 Å². The van der Waals surface area contributed by atoms with Crippen molar-refractivity contribution in [2.75, 3.05) is 36.8 Å². The van der Waals surface area contributed by atoms with Gasteiger partial charge in [0.25, 0.3) is 0 Å². The molecule has 120 valence electrons. The zero-order valence-corrected chi connectivity index (χ0v) is 12.6. The second kappa shape index (κ2) is 6.43. The monoisotopic (exact) mass is 306 g/mol. The summed E-state index contributed by atoms with van der Waals surface area (Å²) in [4.78, 5) is 23.2. The second-order valence-electron chi connectivity index (χ2n) is 6.05. The highest BCUT2D eigenvalue weighted by Crippen LogP contribution is 2.27. The summed E-state index contributed by atoms with van der Waals surface area (Å²) in [6.45, 7) is 4.22. The Balaban J connectivity index is 1.72. The third kappa shape index (κ3) is 3.11. The summed E-state index contributed by atoms with van der Waals surface area (Å²) in [5.41, 5.74) is 5.46. The summed E-state index contributed by atoms with van der Waals surface area (Å²) in [6.07, 6.45) is 7.29. The summed E-state index contributed by atoms with van der Waals surface area (Å²) in [5, 5.41) is 10.8. The van der Waals surface area contributed by atoms with E-state index in [1.807, 2.05) is 0 Å². The van der Waals surface area contributed by atoms with Crippen LogP contribution in [0.5, 0.6) is 0 Å². The van der Waals surface area contributed by atoms with Gasteiger partial charge in [-0.3, -0.25) is 10.1 Å². The van der Waals surface area contributed by atoms with E-state index < -0.39 is 4.92 Å². The molecule has 2 N–H and O–H groups in total. The lowest BCUT2D eigenvalue weighted by atomic mass is 10.1. The number of likely N-dealkylation sites (tertiary alicyclic amines) is 1. The van der Waals surface area contributed by atoms with Crippen molar-refractivity contribution in [1.29, 1.82) is 0 Å². The number of nitrogens with two attached hydrogens (primary N) is 1. The van der Waals surface area contributed by atoms with Gasteiger partial charge < -0.3 is 15.5 Å². The molecule has 0 spiro atoms. The molecule has 0 radical (unpaired) electrons. The molecule has 2 aliphatic heterocycles. The van der Waals surface area contributed by atoms with Gasteiger partial charge in [-0.1, -0.05) is 6.42 Å². The lowest BCUT2D eigenvalue weighted by Gasteiger charge is -2.32. The lowest BCUT2D eigenvalue weighted by Crippen LogP contribution is -2.43. The minimum atomic E-state index is -0.547. The van der Waals surface area contributed by atoms with Gasteiger partial charge in [0, 0.05) is 19.1 Å². The summed E-state index contributed by atoms with van der Waals surface area (Å²) in [5.74, 6) is 0.459. The van der Waals surface area contributed by atoms with Crippen LogP contribution in [-0.2, 0) is 0 Å². The third-order valence-electron chi connectivity index (χ3n) is 4.53. The van der Waals surface area contributed by atoms with Crippen molar-refractivity contribution in [2.45, 2.75) is 38.1 Å². The first kappa shape index (κ1) is 15.0. The van der Waals surface area contributed by atoms with E-state index in [1.165, 1.54) is 25.5 Å². The number of aromatic nitrogens is 2. The summed E-state index contributed by atoms with van der Waals surface area (Å²) >= 11 is 0. The molecule has 0 saturated carbocycles. The van der Waals surface area contributed by atoms with Gasteiger partial charge in [-0.05, 0) is 38.8 Å². The molecular formula is C14H22N6O2. The molecule has 3 rings (SSSR count). The maximum absolute atomic E-state index is 10.8. The van der Waals surface area contributed by atoms with Crippen LogP contribution in [0, 0.1) is 10.1 Å². The van der Waals surface area contributed by atoms with Gasteiger partial charge in [-0.2, -0.15) is 4.98 Å². The van der Waals surface area contributed by atoms with E-state index in [2.05, 4.69) is 19.8 Å². The standard InChI is InChI=1S/C14H22N6O2/c15-13-12(20(21)22)9-16-14(17-13)19-8-4-5-11(19)10-18-6-2-1-3-7-18/h9,11H,1-8,10H2,(H2,15,16,17)/t11-/m0/s1. The molecule has 2 fully saturated rings. The lowest BCUT2D eigenvalue weighted by molar-refractivity contribution is -0.384. The minimum absolute atomic E-state index is 0.0568. The molecule has 1 aromatic rings. The van der Waals surface area contributed by atoms with E-state index in [4.69, 9.17) is 5.73 Å². The van der Waals surface area contributed by atoms with Crippen molar-refractivity contribution in [3.63, 3.8) is 0 Å². The number of nitrogen functional groups attached to an aromatic ring is 1. The molecule has 3 heterocycles. The van der Waals surface area contributed by atoms with Gasteiger partial charge in [-0.15, -0.1) is 0 Å². The fourth-order valence-corrected chi connectivity index (χ4v) is 3.39. The predicted octanol–water partition coefficient (Wildman–Crippen LogP) is 1.42. The summed E-state index contributed by atoms with van der Waals surface area (Å²) in [7, 11) is 0. The van der Waals surface area contributed by atoms with Crippen molar-refractivity contribution in [2.24, 2.45) is 0 Å². The molecule has 2 aliphatic rings. The van der Waals surface area contributed by atoms with Crippen LogP contribution in [0.25, 0.3) is 0 Å². The Morgan fingerprint density at radius 3 is 2.73 bits per heavy atom. The largest absolute Gasteiger partial charge is 0.378 e. The first-order valence-electron chi connectivity index (χ1n) is 7.91. The number of nitro groups is 1. The quantitative estimate of drug-likeness (QED) is 0.663. The molecule has 0 bridgehead atoms. The van der Waals surface area contributed by atoms with Crippen LogP contribution in [-0.4, -0.2) is 52.0 Å². The molecule has 0 aliphatic carbocycles. The molecular weight excluding hydrogens is 284 g/mol. The topological polar surface area (TPSA) is 101 Å². The van der Waals surface area contributed by atoms with Crippen molar-refractivity contribution in [1.82, 2.24) is 14.9 Å². The molecule has 0 amide bonds. The number of rotatable bonds is 4. The molecule has 22 heavy (non-hydrogen) atoms. The van der Waals surface area contributed by atoms with Gasteiger partial charge in [0.1, 0.15) is 6.20 Å². The van der Waals surface area contributed by atoms with Gasteiger partial charge in [-0.25, -0.2) is 4.98 Å². The Labute approximate surface area is 129 Å². The van der Waals surface area contributed by atoms with E-state index in [9.17, 15) is 10.1 Å². The Morgan fingerprint density at radius 2 is 2.05 bits per heavy atom. The minimum Gasteiger partial charge on any atom is -0.378 e. The van der Waals surface area contributed by atoms with Crippen LogP contribution >= 0.6 is 0 Å². The van der Waals surface area contributed by atoms with Crippen LogP contribution in [0.3, 0.4) is 0 Å². The number of piperidine rings is 1. The Hall–Kier alpha value is -1.96. The number of nitrogens with zero attached hydrogens (tertiary/aromatic N) is 5. The SMILES string of the molecule is Nc1nc(N2CCC[C@H]2CN2CCCCC2)ncc1[N+](=O)[O-]. The van der Waals surface area contributed by atoms with Crippen LogP contribution in [0.15, 0.2) is 6.20 Å². The zero-order valence-electron chi connectivity index (χ0n) is 12.6. The highest BCUT2D eigenvalue weighted by atomic mass is 16.6. The van der Waals surface area contributed by atoms with Gasteiger partial charge >= 0.3 is 5.69 Å². The first-order valence-corrected chi connectivity index (χ1v) is 7.91. The highest BCUT2D eigenvalue weighted by Gasteiger charge is 2.29. The second-order valence-corrected chi connectivity index (χ2v) is 6.05. The van der Waals surface area contributed by atoms with Crippen molar-refractivity contribution >= 4 is 17.5 Å². The van der Waals surface area contributed by atoms with E-state index in [0.29, 0.717) is 12.0 Å². The summed E-state index contributed by atoms with van der Waals surface area (Å²) < 4.78 is 0.